The summed E-state index contributed by atoms with van der Waals surface area (Å²) in [5, 5.41) is 4.45. The van der Waals surface area contributed by atoms with Gasteiger partial charge in [-0.15, -0.1) is 0 Å². The number of ether oxygens (including phenoxy) is 1. The van der Waals surface area contributed by atoms with Gasteiger partial charge in [0.15, 0.2) is 0 Å². The molecule has 0 radical (unpaired) electrons. The number of hydrogen-bond donors (Lipinski definition) is 1. The molecule has 0 aliphatic carbocycles. The molecule has 0 aliphatic heterocycles. The maximum absolute atomic E-state index is 5.66. The fourth-order valence-corrected chi connectivity index (χ4v) is 2.06. The average Bonchev–Trinajstić information content (AvgIpc) is 2.67. The first-order valence-corrected chi connectivity index (χ1v) is 6.01. The van der Waals surface area contributed by atoms with Crippen molar-refractivity contribution in [3.63, 3.8) is 0 Å². The van der Waals surface area contributed by atoms with Gasteiger partial charge in [-0.05, 0) is 31.5 Å². The lowest BCUT2D eigenvalue weighted by Gasteiger charge is -2.10. The van der Waals surface area contributed by atoms with Crippen LogP contribution in [0.15, 0.2) is 24.3 Å². The van der Waals surface area contributed by atoms with Gasteiger partial charge in [0, 0.05) is 17.8 Å². The van der Waals surface area contributed by atoms with Gasteiger partial charge in [0.2, 0.25) is 0 Å². The molecule has 0 bridgehead atoms. The maximum Gasteiger partial charge on any atom is 0.123 e. The molecule has 1 aromatic heterocycles. The third kappa shape index (κ3) is 2.54. The molecule has 0 fully saturated rings. The summed E-state index contributed by atoms with van der Waals surface area (Å²) in [6.45, 7) is 5.30. The van der Waals surface area contributed by atoms with Crippen molar-refractivity contribution < 1.29 is 4.74 Å². The van der Waals surface area contributed by atoms with Crippen molar-refractivity contribution in [1.29, 1.82) is 0 Å². The van der Waals surface area contributed by atoms with Gasteiger partial charge in [-0.2, -0.15) is 5.10 Å². The van der Waals surface area contributed by atoms with Crippen LogP contribution >= 0.6 is 0 Å². The standard InChI is InChI=1S/C14H19N3O/c1-10-6-11(2)17(16-10)9-12-4-5-13(8-15)14(7-12)18-3/h4-7H,8-9,15H2,1-3H3. The lowest BCUT2D eigenvalue weighted by Crippen LogP contribution is -2.05. The van der Waals surface area contributed by atoms with Crippen LogP contribution in [-0.4, -0.2) is 16.9 Å². The van der Waals surface area contributed by atoms with E-state index in [1.807, 2.05) is 23.7 Å². The Kier molecular flexibility index (Phi) is 3.67. The Hall–Kier alpha value is -1.81. The predicted octanol–water partition coefficient (Wildman–Crippen LogP) is 2.02. The van der Waals surface area contributed by atoms with Crippen LogP contribution in [0.5, 0.6) is 5.75 Å². The van der Waals surface area contributed by atoms with Crippen LogP contribution < -0.4 is 10.5 Å². The Labute approximate surface area is 107 Å². The van der Waals surface area contributed by atoms with Crippen LogP contribution in [-0.2, 0) is 13.1 Å². The summed E-state index contributed by atoms with van der Waals surface area (Å²) in [5.41, 5.74) is 10.0. The van der Waals surface area contributed by atoms with Gasteiger partial charge in [0.05, 0.1) is 19.3 Å². The Morgan fingerprint density at radius 1 is 1.28 bits per heavy atom. The van der Waals surface area contributed by atoms with E-state index in [1.54, 1.807) is 7.11 Å². The molecular weight excluding hydrogens is 226 g/mol. The summed E-state index contributed by atoms with van der Waals surface area (Å²) < 4.78 is 7.33. The van der Waals surface area contributed by atoms with Gasteiger partial charge in [-0.1, -0.05) is 12.1 Å². The van der Waals surface area contributed by atoms with E-state index in [9.17, 15) is 0 Å². The molecule has 0 aliphatic rings. The van der Waals surface area contributed by atoms with Crippen LogP contribution in [0.25, 0.3) is 0 Å². The number of aromatic nitrogens is 2. The van der Waals surface area contributed by atoms with Gasteiger partial charge in [0.25, 0.3) is 0 Å². The fraction of sp³-hybridized carbons (Fsp3) is 0.357. The van der Waals surface area contributed by atoms with E-state index in [1.165, 1.54) is 0 Å². The Bertz CT molecular complexity index is 546. The van der Waals surface area contributed by atoms with Crippen molar-refractivity contribution in [1.82, 2.24) is 9.78 Å². The van der Waals surface area contributed by atoms with E-state index < -0.39 is 0 Å². The SMILES string of the molecule is COc1cc(Cn2nc(C)cc2C)ccc1CN. The Morgan fingerprint density at radius 3 is 2.61 bits per heavy atom. The molecular formula is C14H19N3O. The highest BCUT2D eigenvalue weighted by atomic mass is 16.5. The van der Waals surface area contributed by atoms with E-state index in [4.69, 9.17) is 10.5 Å². The van der Waals surface area contributed by atoms with Gasteiger partial charge in [-0.25, -0.2) is 0 Å². The minimum absolute atomic E-state index is 0.489. The smallest absolute Gasteiger partial charge is 0.123 e. The molecule has 1 heterocycles. The molecule has 18 heavy (non-hydrogen) atoms. The van der Waals surface area contributed by atoms with E-state index in [2.05, 4.69) is 24.2 Å². The van der Waals surface area contributed by atoms with Crippen LogP contribution in [0.2, 0.25) is 0 Å². The van der Waals surface area contributed by atoms with Crippen LogP contribution in [0, 0.1) is 13.8 Å². The second-order valence-corrected chi connectivity index (χ2v) is 4.44. The monoisotopic (exact) mass is 245 g/mol. The molecule has 0 spiro atoms. The molecule has 0 saturated carbocycles. The number of aryl methyl sites for hydroxylation is 2. The van der Waals surface area contributed by atoms with E-state index in [-0.39, 0.29) is 0 Å². The normalized spacial score (nSPS) is 10.7. The first kappa shape index (κ1) is 12.6. The average molecular weight is 245 g/mol. The van der Waals surface area contributed by atoms with Crippen molar-refractivity contribution in [2.24, 2.45) is 5.73 Å². The van der Waals surface area contributed by atoms with Gasteiger partial charge in [0.1, 0.15) is 5.75 Å². The minimum Gasteiger partial charge on any atom is -0.496 e. The summed E-state index contributed by atoms with van der Waals surface area (Å²) in [6, 6.07) is 8.19. The van der Waals surface area contributed by atoms with Gasteiger partial charge >= 0.3 is 0 Å². The van der Waals surface area contributed by atoms with Gasteiger partial charge in [-0.3, -0.25) is 4.68 Å². The highest BCUT2D eigenvalue weighted by Gasteiger charge is 2.06. The molecule has 0 amide bonds. The van der Waals surface area contributed by atoms with Crippen LogP contribution in [0.3, 0.4) is 0 Å². The first-order valence-electron chi connectivity index (χ1n) is 6.01. The molecule has 2 aromatic rings. The summed E-state index contributed by atoms with van der Waals surface area (Å²) in [6.07, 6.45) is 0. The second kappa shape index (κ2) is 5.23. The van der Waals surface area contributed by atoms with Crippen molar-refractivity contribution in [3.8, 4) is 5.75 Å². The predicted molar refractivity (Wildman–Crippen MR) is 71.7 cm³/mol. The minimum atomic E-state index is 0.489. The molecule has 0 unspecified atom stereocenters. The third-order valence-corrected chi connectivity index (χ3v) is 3.01. The lowest BCUT2D eigenvalue weighted by molar-refractivity contribution is 0.409. The Morgan fingerprint density at radius 2 is 2.06 bits per heavy atom. The van der Waals surface area contributed by atoms with Crippen molar-refractivity contribution >= 4 is 0 Å². The highest BCUT2D eigenvalue weighted by Crippen LogP contribution is 2.20. The zero-order valence-electron chi connectivity index (χ0n) is 11.1. The number of hydrogen-bond acceptors (Lipinski definition) is 3. The number of methoxy groups -OCH3 is 1. The summed E-state index contributed by atoms with van der Waals surface area (Å²) >= 11 is 0. The molecule has 4 nitrogen and oxygen atoms in total. The summed E-state index contributed by atoms with van der Waals surface area (Å²) in [5.74, 6) is 0.844. The molecule has 2 N–H and O–H groups in total. The molecule has 0 atom stereocenters. The van der Waals surface area contributed by atoms with Crippen molar-refractivity contribution in [3.05, 3.63) is 46.8 Å². The zero-order valence-corrected chi connectivity index (χ0v) is 11.1. The maximum atomic E-state index is 5.66. The number of rotatable bonds is 4. The van der Waals surface area contributed by atoms with Crippen LogP contribution in [0.4, 0.5) is 0 Å². The zero-order chi connectivity index (χ0) is 13.1. The topological polar surface area (TPSA) is 53.1 Å². The van der Waals surface area contributed by atoms with E-state index >= 15 is 0 Å². The largest absolute Gasteiger partial charge is 0.496 e. The van der Waals surface area contributed by atoms with Crippen molar-refractivity contribution in [2.45, 2.75) is 26.9 Å². The molecule has 1 aromatic carbocycles. The van der Waals surface area contributed by atoms with Crippen LogP contribution in [0.1, 0.15) is 22.5 Å². The number of nitrogens with zero attached hydrogens (tertiary/aromatic N) is 2. The first-order chi connectivity index (χ1) is 8.63. The number of nitrogens with two attached hydrogens (primary N) is 1. The van der Waals surface area contributed by atoms with Gasteiger partial charge < -0.3 is 10.5 Å². The van der Waals surface area contributed by atoms with E-state index in [0.717, 1.165) is 34.8 Å². The molecule has 96 valence electrons. The molecule has 0 saturated heterocycles. The number of benzene rings is 1. The lowest BCUT2D eigenvalue weighted by atomic mass is 10.1. The third-order valence-electron chi connectivity index (χ3n) is 3.01. The van der Waals surface area contributed by atoms with Crippen molar-refractivity contribution in [2.75, 3.05) is 7.11 Å². The molecule has 2 rings (SSSR count). The second-order valence-electron chi connectivity index (χ2n) is 4.44. The molecule has 4 heteroatoms. The quantitative estimate of drug-likeness (QED) is 0.896. The summed E-state index contributed by atoms with van der Waals surface area (Å²) in [4.78, 5) is 0. The Balaban J connectivity index is 2.27. The summed E-state index contributed by atoms with van der Waals surface area (Å²) in [7, 11) is 1.67. The fourth-order valence-electron chi connectivity index (χ4n) is 2.06. The van der Waals surface area contributed by atoms with E-state index in [0.29, 0.717) is 6.54 Å². The highest BCUT2D eigenvalue weighted by molar-refractivity contribution is 5.37.